The minimum Gasteiger partial charge on any atom is -0.487 e. The summed E-state index contributed by atoms with van der Waals surface area (Å²) in [6.45, 7) is 0.360. The highest BCUT2D eigenvalue weighted by Gasteiger charge is 2.08. The number of rotatable bonds is 4. The van der Waals surface area contributed by atoms with E-state index in [0.717, 1.165) is 5.56 Å². The van der Waals surface area contributed by atoms with Crippen LogP contribution in [-0.2, 0) is 6.61 Å². The lowest BCUT2D eigenvalue weighted by molar-refractivity contribution is 0.0962. The van der Waals surface area contributed by atoms with Gasteiger partial charge in [-0.15, -0.1) is 0 Å². The molecule has 0 radical (unpaired) electrons. The van der Waals surface area contributed by atoms with Crippen LogP contribution < -0.4 is 15.8 Å². The van der Waals surface area contributed by atoms with Gasteiger partial charge in [0.05, 0.1) is 5.69 Å². The average molecular weight is 291 g/mol. The minimum absolute atomic E-state index is 0.179. The van der Waals surface area contributed by atoms with E-state index in [1.165, 1.54) is 0 Å². The average Bonchev–Trinajstić information content (AvgIpc) is 2.47. The summed E-state index contributed by atoms with van der Waals surface area (Å²) in [6, 6.07) is 12.3. The van der Waals surface area contributed by atoms with Gasteiger partial charge in [0.2, 0.25) is 0 Å². The summed E-state index contributed by atoms with van der Waals surface area (Å²) in [5.41, 5.74) is 7.81. The molecule has 0 heterocycles. The smallest absolute Gasteiger partial charge is 0.251 e. The summed E-state index contributed by atoms with van der Waals surface area (Å²) < 4.78 is 5.65. The van der Waals surface area contributed by atoms with Crippen LogP contribution in [0.3, 0.4) is 0 Å². The molecule has 0 aliphatic heterocycles. The third-order valence-electron chi connectivity index (χ3n) is 2.81. The SMILES string of the molecule is CNC(=O)c1ccc(N)c(OCc2ccc(Cl)cc2)c1. The number of nitrogens with two attached hydrogens (primary N) is 1. The van der Waals surface area contributed by atoms with E-state index < -0.39 is 0 Å². The van der Waals surface area contributed by atoms with Crippen molar-refractivity contribution in [3.8, 4) is 5.75 Å². The van der Waals surface area contributed by atoms with E-state index >= 15 is 0 Å². The maximum absolute atomic E-state index is 11.6. The molecule has 0 aromatic heterocycles. The van der Waals surface area contributed by atoms with E-state index in [2.05, 4.69) is 5.32 Å². The van der Waals surface area contributed by atoms with Crippen LogP contribution in [0.2, 0.25) is 5.02 Å². The van der Waals surface area contributed by atoms with Gasteiger partial charge in [-0.3, -0.25) is 4.79 Å². The molecule has 104 valence electrons. The lowest BCUT2D eigenvalue weighted by Crippen LogP contribution is -2.17. The van der Waals surface area contributed by atoms with Gasteiger partial charge < -0.3 is 15.8 Å². The van der Waals surface area contributed by atoms with Crippen LogP contribution in [0.15, 0.2) is 42.5 Å². The molecule has 0 bridgehead atoms. The zero-order chi connectivity index (χ0) is 14.5. The standard InChI is InChI=1S/C15H15ClN2O2/c1-18-15(19)11-4-7-13(17)14(8-11)20-9-10-2-5-12(16)6-3-10/h2-8H,9,17H2,1H3,(H,18,19). The second-order valence-corrected chi connectivity index (χ2v) is 4.68. The van der Waals surface area contributed by atoms with Crippen LogP contribution in [0.5, 0.6) is 5.75 Å². The largest absolute Gasteiger partial charge is 0.487 e. The molecule has 0 saturated carbocycles. The van der Waals surface area contributed by atoms with Gasteiger partial charge in [0.1, 0.15) is 12.4 Å². The van der Waals surface area contributed by atoms with Crippen LogP contribution in [0.4, 0.5) is 5.69 Å². The molecule has 20 heavy (non-hydrogen) atoms. The number of anilines is 1. The maximum Gasteiger partial charge on any atom is 0.251 e. The molecule has 2 rings (SSSR count). The van der Waals surface area contributed by atoms with Crippen molar-refractivity contribution in [1.29, 1.82) is 0 Å². The lowest BCUT2D eigenvalue weighted by atomic mass is 10.1. The number of carbonyl (C=O) groups excluding carboxylic acids is 1. The number of amides is 1. The Morgan fingerprint density at radius 1 is 1.25 bits per heavy atom. The minimum atomic E-state index is -0.179. The van der Waals surface area contributed by atoms with E-state index in [9.17, 15) is 4.79 Å². The van der Waals surface area contributed by atoms with E-state index in [1.54, 1.807) is 37.4 Å². The van der Waals surface area contributed by atoms with E-state index in [0.29, 0.717) is 28.6 Å². The first-order valence-corrected chi connectivity index (χ1v) is 6.47. The molecule has 0 atom stereocenters. The monoisotopic (exact) mass is 290 g/mol. The molecule has 5 heteroatoms. The topological polar surface area (TPSA) is 64.4 Å². The van der Waals surface area contributed by atoms with Crippen LogP contribution >= 0.6 is 11.6 Å². The Hall–Kier alpha value is -2.20. The van der Waals surface area contributed by atoms with Gasteiger partial charge in [-0.2, -0.15) is 0 Å². The molecule has 0 aliphatic rings. The molecular weight excluding hydrogens is 276 g/mol. The predicted molar refractivity (Wildman–Crippen MR) is 80.0 cm³/mol. The molecule has 0 aliphatic carbocycles. The lowest BCUT2D eigenvalue weighted by Gasteiger charge is -2.10. The van der Waals surface area contributed by atoms with Crippen molar-refractivity contribution in [2.45, 2.75) is 6.61 Å². The number of nitrogen functional groups attached to an aromatic ring is 1. The van der Waals surface area contributed by atoms with Gasteiger partial charge in [-0.05, 0) is 35.9 Å². The molecule has 3 N–H and O–H groups in total. The number of hydrogen-bond acceptors (Lipinski definition) is 3. The van der Waals surface area contributed by atoms with E-state index in [-0.39, 0.29) is 5.91 Å². The Morgan fingerprint density at radius 2 is 1.95 bits per heavy atom. The van der Waals surface area contributed by atoms with Crippen LogP contribution in [0.1, 0.15) is 15.9 Å². The normalized spacial score (nSPS) is 10.1. The first kappa shape index (κ1) is 14.2. The van der Waals surface area contributed by atoms with Crippen molar-refractivity contribution in [2.75, 3.05) is 12.8 Å². The van der Waals surface area contributed by atoms with Crippen molar-refractivity contribution in [1.82, 2.24) is 5.32 Å². The molecule has 4 nitrogen and oxygen atoms in total. The zero-order valence-corrected chi connectivity index (χ0v) is 11.8. The van der Waals surface area contributed by atoms with Crippen LogP contribution in [0, 0.1) is 0 Å². The fourth-order valence-electron chi connectivity index (χ4n) is 1.69. The molecule has 2 aromatic carbocycles. The molecule has 0 saturated heterocycles. The zero-order valence-electron chi connectivity index (χ0n) is 11.0. The Balaban J connectivity index is 2.12. The quantitative estimate of drug-likeness (QED) is 0.851. The van der Waals surface area contributed by atoms with Crippen LogP contribution in [0.25, 0.3) is 0 Å². The highest BCUT2D eigenvalue weighted by atomic mass is 35.5. The summed E-state index contributed by atoms with van der Waals surface area (Å²) >= 11 is 5.82. The number of benzene rings is 2. The number of nitrogens with one attached hydrogen (secondary N) is 1. The van der Waals surface area contributed by atoms with Crippen molar-refractivity contribution in [2.24, 2.45) is 0 Å². The third-order valence-corrected chi connectivity index (χ3v) is 3.06. The van der Waals surface area contributed by atoms with Crippen molar-refractivity contribution in [3.63, 3.8) is 0 Å². The highest BCUT2D eigenvalue weighted by molar-refractivity contribution is 6.30. The third kappa shape index (κ3) is 3.42. The fraction of sp³-hybridized carbons (Fsp3) is 0.133. The van der Waals surface area contributed by atoms with Gasteiger partial charge in [0, 0.05) is 17.6 Å². The Morgan fingerprint density at radius 3 is 2.60 bits per heavy atom. The first-order valence-electron chi connectivity index (χ1n) is 6.09. The molecule has 1 amide bonds. The van der Waals surface area contributed by atoms with Crippen molar-refractivity contribution < 1.29 is 9.53 Å². The summed E-state index contributed by atoms with van der Waals surface area (Å²) in [4.78, 5) is 11.6. The predicted octanol–water partition coefficient (Wildman–Crippen LogP) is 2.86. The number of halogens is 1. The fourth-order valence-corrected chi connectivity index (χ4v) is 1.81. The molecule has 0 fully saturated rings. The highest BCUT2D eigenvalue weighted by Crippen LogP contribution is 2.24. The molecular formula is C15H15ClN2O2. The van der Waals surface area contributed by atoms with Crippen molar-refractivity contribution in [3.05, 3.63) is 58.6 Å². The van der Waals surface area contributed by atoms with Gasteiger partial charge in [0.25, 0.3) is 5.91 Å². The number of hydrogen-bond donors (Lipinski definition) is 2. The van der Waals surface area contributed by atoms with Crippen molar-refractivity contribution >= 4 is 23.2 Å². The Kier molecular flexibility index (Phi) is 4.48. The molecule has 0 unspecified atom stereocenters. The van der Waals surface area contributed by atoms with Crippen LogP contribution in [-0.4, -0.2) is 13.0 Å². The summed E-state index contributed by atoms with van der Waals surface area (Å²) in [7, 11) is 1.58. The molecule has 0 spiro atoms. The van der Waals surface area contributed by atoms with Gasteiger partial charge in [-0.25, -0.2) is 0 Å². The van der Waals surface area contributed by atoms with Gasteiger partial charge >= 0.3 is 0 Å². The summed E-state index contributed by atoms with van der Waals surface area (Å²) in [5.74, 6) is 0.308. The maximum atomic E-state index is 11.6. The number of carbonyl (C=O) groups is 1. The summed E-state index contributed by atoms with van der Waals surface area (Å²) in [5, 5.41) is 3.23. The second-order valence-electron chi connectivity index (χ2n) is 4.25. The first-order chi connectivity index (χ1) is 9.60. The Labute approximate surface area is 122 Å². The van der Waals surface area contributed by atoms with Gasteiger partial charge in [0.15, 0.2) is 0 Å². The summed E-state index contributed by atoms with van der Waals surface area (Å²) in [6.07, 6.45) is 0. The molecule has 2 aromatic rings. The number of ether oxygens (including phenoxy) is 1. The van der Waals surface area contributed by atoms with E-state index in [4.69, 9.17) is 22.1 Å². The van der Waals surface area contributed by atoms with E-state index in [1.807, 2.05) is 12.1 Å². The Bertz CT molecular complexity index is 612. The van der Waals surface area contributed by atoms with Gasteiger partial charge in [-0.1, -0.05) is 23.7 Å². The second kappa shape index (κ2) is 6.30.